The lowest BCUT2D eigenvalue weighted by Crippen LogP contribution is -2.32. The first-order valence-electron chi connectivity index (χ1n) is 3.93. The van der Waals surface area contributed by atoms with Crippen LogP contribution in [-0.4, -0.2) is 22.2 Å². The summed E-state index contributed by atoms with van der Waals surface area (Å²) < 4.78 is 0. The van der Waals surface area contributed by atoms with Crippen molar-refractivity contribution in [3.63, 3.8) is 0 Å². The second-order valence-electron chi connectivity index (χ2n) is 2.86. The minimum Gasteiger partial charge on any atom is -0.481 e. The zero-order chi connectivity index (χ0) is 9.78. The highest BCUT2D eigenvalue weighted by Crippen LogP contribution is 2.30. The molecular formula is C12H30O4. The zero-order valence-electron chi connectivity index (χ0n) is 7.33. The molecule has 0 fully saturated rings. The van der Waals surface area contributed by atoms with Crippen molar-refractivity contribution in [3.8, 4) is 0 Å². The van der Waals surface area contributed by atoms with Crippen LogP contribution in [-0.2, 0) is 9.59 Å². The molecule has 0 rings (SSSR count). The molecule has 0 heterocycles. The molecule has 0 aromatic heterocycles. The Balaban J connectivity index is -0.000000101. The van der Waals surface area contributed by atoms with E-state index in [1.54, 1.807) is 13.8 Å². The Morgan fingerprint density at radius 3 is 1.31 bits per heavy atom. The predicted octanol–water partition coefficient (Wildman–Crippen LogP) is 3.90. The fraction of sp³-hybridized carbons (Fsp3) is 0.833. The number of hydrogen-bond acceptors (Lipinski definition) is 2. The summed E-state index contributed by atoms with van der Waals surface area (Å²) in [5, 5.41) is 17.3. The number of carbonyl (C=O) groups is 2. The van der Waals surface area contributed by atoms with E-state index in [0.29, 0.717) is 12.8 Å². The molecule has 0 saturated carbocycles. The van der Waals surface area contributed by atoms with Crippen molar-refractivity contribution in [3.05, 3.63) is 0 Å². The molecule has 0 aliphatic heterocycles. The van der Waals surface area contributed by atoms with Crippen LogP contribution in [0, 0.1) is 5.41 Å². The minimum absolute atomic E-state index is 0. The van der Waals surface area contributed by atoms with E-state index in [2.05, 4.69) is 0 Å². The summed E-state index contributed by atoms with van der Waals surface area (Å²) in [7, 11) is 0. The first kappa shape index (κ1) is 29.4. The predicted molar refractivity (Wildman–Crippen MR) is 69.8 cm³/mol. The SMILES string of the molecule is C.C.C.C.CCC(CC)(CC(=O)O)C(=O)O. The van der Waals surface area contributed by atoms with Crippen molar-refractivity contribution < 1.29 is 19.8 Å². The third-order valence-electron chi connectivity index (χ3n) is 2.30. The van der Waals surface area contributed by atoms with Gasteiger partial charge < -0.3 is 10.2 Å². The van der Waals surface area contributed by atoms with Gasteiger partial charge >= 0.3 is 11.9 Å². The normalized spacial score (nSPS) is 8.38. The molecule has 0 radical (unpaired) electrons. The van der Waals surface area contributed by atoms with Crippen molar-refractivity contribution in [2.75, 3.05) is 0 Å². The number of carboxylic acids is 2. The highest BCUT2D eigenvalue weighted by atomic mass is 16.4. The number of aliphatic carboxylic acids is 2. The maximum absolute atomic E-state index is 10.8. The molecule has 0 amide bonds. The molecule has 102 valence electrons. The third-order valence-corrected chi connectivity index (χ3v) is 2.30. The lowest BCUT2D eigenvalue weighted by atomic mass is 9.79. The van der Waals surface area contributed by atoms with Crippen LogP contribution in [0.15, 0.2) is 0 Å². The Kier molecular flexibility index (Phi) is 22.1. The largest absolute Gasteiger partial charge is 0.481 e. The highest BCUT2D eigenvalue weighted by Gasteiger charge is 2.36. The van der Waals surface area contributed by atoms with Gasteiger partial charge in [-0.1, -0.05) is 43.6 Å². The molecule has 0 atom stereocenters. The summed E-state index contributed by atoms with van der Waals surface area (Å²) in [6, 6.07) is 0. The summed E-state index contributed by atoms with van der Waals surface area (Å²) >= 11 is 0. The standard InChI is InChI=1S/C8H14O4.4CH4/c1-3-8(4-2,7(11)12)5-6(9)10;;;;/h3-5H2,1-2H3,(H,9,10)(H,11,12);4*1H4. The first-order valence-corrected chi connectivity index (χ1v) is 3.93. The molecule has 16 heavy (non-hydrogen) atoms. The van der Waals surface area contributed by atoms with E-state index in [1.807, 2.05) is 0 Å². The van der Waals surface area contributed by atoms with Crippen LogP contribution in [0.3, 0.4) is 0 Å². The summed E-state index contributed by atoms with van der Waals surface area (Å²) in [6.07, 6.45) is 0.408. The quantitative estimate of drug-likeness (QED) is 0.761. The van der Waals surface area contributed by atoms with Gasteiger partial charge in [0.2, 0.25) is 0 Å². The number of carboxylic acid groups (broad SMARTS) is 2. The molecule has 0 aromatic rings. The van der Waals surface area contributed by atoms with Crippen molar-refractivity contribution in [2.24, 2.45) is 5.41 Å². The fourth-order valence-electron chi connectivity index (χ4n) is 1.17. The Hall–Kier alpha value is -1.06. The average molecular weight is 238 g/mol. The Labute approximate surface area is 101 Å². The molecule has 4 nitrogen and oxygen atoms in total. The van der Waals surface area contributed by atoms with Crippen LogP contribution in [0.1, 0.15) is 62.8 Å². The Bertz CT molecular complexity index is 183. The highest BCUT2D eigenvalue weighted by molar-refractivity contribution is 5.81. The zero-order valence-corrected chi connectivity index (χ0v) is 7.33. The van der Waals surface area contributed by atoms with Crippen LogP contribution in [0.4, 0.5) is 0 Å². The van der Waals surface area contributed by atoms with Crippen molar-refractivity contribution in [1.82, 2.24) is 0 Å². The van der Waals surface area contributed by atoms with Crippen LogP contribution in [0.5, 0.6) is 0 Å². The van der Waals surface area contributed by atoms with E-state index in [1.165, 1.54) is 0 Å². The maximum atomic E-state index is 10.8. The molecule has 0 aliphatic rings. The number of rotatable bonds is 5. The summed E-state index contributed by atoms with van der Waals surface area (Å²) in [6.45, 7) is 3.39. The third kappa shape index (κ3) is 7.26. The molecule has 2 N–H and O–H groups in total. The van der Waals surface area contributed by atoms with Crippen LogP contribution in [0.2, 0.25) is 0 Å². The van der Waals surface area contributed by atoms with Crippen LogP contribution in [0.25, 0.3) is 0 Å². The number of hydrogen-bond donors (Lipinski definition) is 2. The van der Waals surface area contributed by atoms with Gasteiger partial charge in [-0.3, -0.25) is 9.59 Å². The smallest absolute Gasteiger partial charge is 0.310 e. The van der Waals surface area contributed by atoms with Gasteiger partial charge in [-0.2, -0.15) is 0 Å². The topological polar surface area (TPSA) is 74.6 Å². The molecule has 0 saturated heterocycles. The van der Waals surface area contributed by atoms with E-state index in [4.69, 9.17) is 10.2 Å². The fourth-order valence-corrected chi connectivity index (χ4v) is 1.17. The van der Waals surface area contributed by atoms with Crippen LogP contribution >= 0.6 is 0 Å². The van der Waals surface area contributed by atoms with Gasteiger partial charge in [0.05, 0.1) is 11.8 Å². The Morgan fingerprint density at radius 2 is 1.25 bits per heavy atom. The summed E-state index contributed by atoms with van der Waals surface area (Å²) in [5.41, 5.74) is -1.08. The van der Waals surface area contributed by atoms with Crippen LogP contribution < -0.4 is 0 Å². The monoisotopic (exact) mass is 238 g/mol. The second kappa shape index (κ2) is 12.0. The molecule has 0 spiro atoms. The van der Waals surface area contributed by atoms with E-state index in [0.717, 1.165) is 0 Å². The van der Waals surface area contributed by atoms with Gasteiger partial charge in [0, 0.05) is 0 Å². The molecular weight excluding hydrogens is 208 g/mol. The molecule has 0 aliphatic carbocycles. The molecule has 0 aromatic carbocycles. The van der Waals surface area contributed by atoms with E-state index < -0.39 is 17.4 Å². The van der Waals surface area contributed by atoms with Gasteiger partial charge in [-0.25, -0.2) is 0 Å². The maximum Gasteiger partial charge on any atom is 0.310 e. The average Bonchev–Trinajstić information content (AvgIpc) is 1.99. The van der Waals surface area contributed by atoms with E-state index >= 15 is 0 Å². The van der Waals surface area contributed by atoms with Gasteiger partial charge in [-0.05, 0) is 12.8 Å². The molecule has 4 heteroatoms. The lowest BCUT2D eigenvalue weighted by molar-refractivity contribution is -0.156. The first-order chi connectivity index (χ1) is 5.48. The van der Waals surface area contributed by atoms with E-state index in [-0.39, 0.29) is 36.1 Å². The van der Waals surface area contributed by atoms with Crippen molar-refractivity contribution in [1.29, 1.82) is 0 Å². The van der Waals surface area contributed by atoms with E-state index in [9.17, 15) is 9.59 Å². The van der Waals surface area contributed by atoms with Gasteiger partial charge in [0.25, 0.3) is 0 Å². The minimum atomic E-state index is -1.08. The van der Waals surface area contributed by atoms with Gasteiger partial charge in [-0.15, -0.1) is 0 Å². The second-order valence-corrected chi connectivity index (χ2v) is 2.86. The summed E-state index contributed by atoms with van der Waals surface area (Å²) in [5.74, 6) is -2.07. The van der Waals surface area contributed by atoms with Crippen molar-refractivity contribution in [2.45, 2.75) is 62.8 Å². The lowest BCUT2D eigenvalue weighted by Gasteiger charge is -2.24. The molecule has 0 bridgehead atoms. The molecule has 0 unspecified atom stereocenters. The Morgan fingerprint density at radius 1 is 0.938 bits per heavy atom. The van der Waals surface area contributed by atoms with Crippen molar-refractivity contribution >= 4 is 11.9 Å². The summed E-state index contributed by atoms with van der Waals surface area (Å²) in [4.78, 5) is 21.1. The van der Waals surface area contributed by atoms with Gasteiger partial charge in [0.1, 0.15) is 0 Å². The van der Waals surface area contributed by atoms with Gasteiger partial charge in [0.15, 0.2) is 0 Å².